The van der Waals surface area contributed by atoms with Crippen LogP contribution in [0.4, 0.5) is 0 Å². The van der Waals surface area contributed by atoms with E-state index in [1.807, 2.05) is 0 Å². The quantitative estimate of drug-likeness (QED) is 0.725. The van der Waals surface area contributed by atoms with Crippen LogP contribution < -0.4 is 11.2 Å². The number of ketones is 1. The molecule has 0 aliphatic rings. The van der Waals surface area contributed by atoms with Gasteiger partial charge in [-0.05, 0) is 13.8 Å². The lowest BCUT2D eigenvalue weighted by Crippen LogP contribution is -2.37. The number of nitrogens with zero attached hydrogens (tertiary/aromatic N) is 4. The molecule has 0 N–H and O–H groups in total. The number of carbonyl (C=O) groups is 1. The largest absolute Gasteiger partial charge is 0.332 e. The van der Waals surface area contributed by atoms with Crippen LogP contribution in [-0.2, 0) is 18.9 Å². The Balaban J connectivity index is 2.95. The normalized spacial score (nSPS) is 12.9. The lowest BCUT2D eigenvalue weighted by Gasteiger charge is -2.11. The molecule has 2 aromatic rings. The Morgan fingerprint density at radius 3 is 2.44 bits per heavy atom. The van der Waals surface area contributed by atoms with Crippen LogP contribution in [0.5, 0.6) is 0 Å². The molecule has 2 rings (SSSR count). The van der Waals surface area contributed by atoms with E-state index in [0.717, 1.165) is 4.57 Å². The molecular formula is C11H14N4O3. The standard InChI is InChI=1S/C11H14N4O3/c1-6(7(2)16)15-5-12-9-8(15)10(17)14(4)11(18)13(9)3/h5-6H,1-4H3/t6-/m0/s1. The monoisotopic (exact) mass is 250 g/mol. The number of hydrogen-bond acceptors (Lipinski definition) is 4. The predicted molar refractivity (Wildman–Crippen MR) is 65.6 cm³/mol. The van der Waals surface area contributed by atoms with Gasteiger partial charge < -0.3 is 4.57 Å². The van der Waals surface area contributed by atoms with Crippen LogP contribution in [0.1, 0.15) is 19.9 Å². The Morgan fingerprint density at radius 2 is 1.89 bits per heavy atom. The number of carbonyl (C=O) groups excluding carboxylic acids is 1. The molecule has 0 radical (unpaired) electrons. The molecule has 7 nitrogen and oxygen atoms in total. The molecule has 2 heterocycles. The fraction of sp³-hybridized carbons (Fsp3) is 0.455. The highest BCUT2D eigenvalue weighted by atomic mass is 16.2. The third-order valence-electron chi connectivity index (χ3n) is 3.18. The molecule has 96 valence electrons. The molecular weight excluding hydrogens is 236 g/mol. The molecule has 0 aromatic carbocycles. The highest BCUT2D eigenvalue weighted by molar-refractivity contribution is 5.82. The number of fused-ring (bicyclic) bond motifs is 1. The Bertz CT molecular complexity index is 750. The molecule has 1 atom stereocenters. The van der Waals surface area contributed by atoms with Crippen LogP contribution in [0.2, 0.25) is 0 Å². The minimum atomic E-state index is -0.486. The van der Waals surface area contributed by atoms with Crippen LogP contribution in [0, 0.1) is 0 Å². The van der Waals surface area contributed by atoms with Crippen molar-refractivity contribution in [3.05, 3.63) is 27.2 Å². The molecule has 7 heteroatoms. The van der Waals surface area contributed by atoms with E-state index in [9.17, 15) is 14.4 Å². The van der Waals surface area contributed by atoms with Crippen molar-refractivity contribution < 1.29 is 4.79 Å². The van der Waals surface area contributed by atoms with Gasteiger partial charge in [0.2, 0.25) is 0 Å². The summed E-state index contributed by atoms with van der Waals surface area (Å²) in [6.07, 6.45) is 1.41. The number of Topliss-reactive ketones (excluding diaryl/α,β-unsaturated/α-hetero) is 1. The van der Waals surface area contributed by atoms with Gasteiger partial charge in [-0.25, -0.2) is 9.78 Å². The fourth-order valence-electron chi connectivity index (χ4n) is 1.85. The summed E-state index contributed by atoms with van der Waals surface area (Å²) >= 11 is 0. The first-order valence-electron chi connectivity index (χ1n) is 5.49. The summed E-state index contributed by atoms with van der Waals surface area (Å²) in [5.41, 5.74) is -0.328. The third kappa shape index (κ3) is 1.51. The van der Waals surface area contributed by atoms with Crippen molar-refractivity contribution in [2.75, 3.05) is 0 Å². The molecule has 0 bridgehead atoms. The van der Waals surface area contributed by atoms with E-state index in [1.54, 1.807) is 14.0 Å². The average Bonchev–Trinajstić information content (AvgIpc) is 2.77. The van der Waals surface area contributed by atoms with Crippen LogP contribution in [-0.4, -0.2) is 24.5 Å². The molecule has 0 aliphatic heterocycles. The second-order valence-corrected chi connectivity index (χ2v) is 4.32. The van der Waals surface area contributed by atoms with Gasteiger partial charge >= 0.3 is 5.69 Å². The predicted octanol–water partition coefficient (Wildman–Crippen LogP) is -0.416. The number of rotatable bonds is 2. The van der Waals surface area contributed by atoms with Gasteiger partial charge in [0.1, 0.15) is 0 Å². The maximum absolute atomic E-state index is 12.1. The zero-order valence-electron chi connectivity index (χ0n) is 10.7. The Kier molecular flexibility index (Phi) is 2.68. The maximum atomic E-state index is 12.1. The van der Waals surface area contributed by atoms with Gasteiger partial charge in [-0.3, -0.25) is 18.7 Å². The topological polar surface area (TPSA) is 78.9 Å². The van der Waals surface area contributed by atoms with Crippen molar-refractivity contribution in [2.24, 2.45) is 14.1 Å². The zero-order valence-corrected chi connectivity index (χ0v) is 10.7. The SMILES string of the molecule is CC(=O)[C@H](C)n1cnc2c1c(=O)n(C)c(=O)n2C. The summed E-state index contributed by atoms with van der Waals surface area (Å²) in [5, 5.41) is 0. The Morgan fingerprint density at radius 1 is 1.28 bits per heavy atom. The van der Waals surface area contributed by atoms with Gasteiger partial charge in [0.15, 0.2) is 16.9 Å². The van der Waals surface area contributed by atoms with Crippen molar-refractivity contribution in [3.8, 4) is 0 Å². The van der Waals surface area contributed by atoms with E-state index in [2.05, 4.69) is 4.98 Å². The minimum absolute atomic E-state index is 0.0785. The molecule has 0 unspecified atom stereocenters. The summed E-state index contributed by atoms with van der Waals surface area (Å²) in [7, 11) is 2.94. The van der Waals surface area contributed by atoms with Gasteiger partial charge in [-0.2, -0.15) is 0 Å². The van der Waals surface area contributed by atoms with Crippen LogP contribution in [0.25, 0.3) is 11.2 Å². The van der Waals surface area contributed by atoms with E-state index in [1.165, 1.54) is 29.4 Å². The molecule has 0 spiro atoms. The fourth-order valence-corrected chi connectivity index (χ4v) is 1.85. The highest BCUT2D eigenvalue weighted by Crippen LogP contribution is 2.13. The van der Waals surface area contributed by atoms with Gasteiger partial charge in [0, 0.05) is 14.1 Å². The van der Waals surface area contributed by atoms with E-state index in [4.69, 9.17) is 0 Å². The lowest BCUT2D eigenvalue weighted by atomic mass is 10.2. The van der Waals surface area contributed by atoms with Gasteiger partial charge in [0.05, 0.1) is 12.4 Å². The van der Waals surface area contributed by atoms with Crippen LogP contribution in [0.15, 0.2) is 15.9 Å². The Labute approximate surface area is 102 Å². The van der Waals surface area contributed by atoms with E-state index < -0.39 is 17.3 Å². The summed E-state index contributed by atoms with van der Waals surface area (Å²) in [6, 6.07) is -0.486. The summed E-state index contributed by atoms with van der Waals surface area (Å²) in [6.45, 7) is 3.14. The number of hydrogen-bond donors (Lipinski definition) is 0. The second-order valence-electron chi connectivity index (χ2n) is 4.32. The van der Waals surface area contributed by atoms with E-state index in [0.29, 0.717) is 0 Å². The number of aromatic nitrogens is 4. The summed E-state index contributed by atoms with van der Waals surface area (Å²) in [4.78, 5) is 39.3. The molecule has 18 heavy (non-hydrogen) atoms. The van der Waals surface area contributed by atoms with Crippen LogP contribution >= 0.6 is 0 Å². The highest BCUT2D eigenvalue weighted by Gasteiger charge is 2.19. The van der Waals surface area contributed by atoms with Gasteiger partial charge in [-0.1, -0.05) is 0 Å². The number of imidazole rings is 1. The van der Waals surface area contributed by atoms with Crippen molar-refractivity contribution in [3.63, 3.8) is 0 Å². The first kappa shape index (κ1) is 12.3. The van der Waals surface area contributed by atoms with E-state index in [-0.39, 0.29) is 16.9 Å². The van der Waals surface area contributed by atoms with E-state index >= 15 is 0 Å². The summed E-state index contributed by atoms with van der Waals surface area (Å²) < 4.78 is 3.80. The molecule has 2 aromatic heterocycles. The molecule has 0 fully saturated rings. The first-order chi connectivity index (χ1) is 8.36. The van der Waals surface area contributed by atoms with Gasteiger partial charge in [-0.15, -0.1) is 0 Å². The zero-order chi connectivity index (χ0) is 13.6. The minimum Gasteiger partial charge on any atom is -0.314 e. The third-order valence-corrected chi connectivity index (χ3v) is 3.18. The molecule has 0 amide bonds. The smallest absolute Gasteiger partial charge is 0.314 e. The van der Waals surface area contributed by atoms with Gasteiger partial charge in [0.25, 0.3) is 5.56 Å². The molecule has 0 saturated heterocycles. The Hall–Kier alpha value is -2.18. The first-order valence-corrected chi connectivity index (χ1v) is 5.49. The lowest BCUT2D eigenvalue weighted by molar-refractivity contribution is -0.119. The number of aryl methyl sites for hydroxylation is 1. The molecule has 0 saturated carbocycles. The second kappa shape index (κ2) is 3.94. The van der Waals surface area contributed by atoms with Crippen molar-refractivity contribution in [2.45, 2.75) is 19.9 Å². The molecule has 0 aliphatic carbocycles. The average molecular weight is 250 g/mol. The van der Waals surface area contributed by atoms with Crippen molar-refractivity contribution in [1.82, 2.24) is 18.7 Å². The van der Waals surface area contributed by atoms with Crippen molar-refractivity contribution >= 4 is 16.9 Å². The maximum Gasteiger partial charge on any atom is 0.332 e. The summed E-state index contributed by atoms with van der Waals surface area (Å²) in [5.74, 6) is -0.0785. The van der Waals surface area contributed by atoms with Crippen LogP contribution in [0.3, 0.4) is 0 Å². The van der Waals surface area contributed by atoms with Crippen molar-refractivity contribution in [1.29, 1.82) is 0 Å².